The summed E-state index contributed by atoms with van der Waals surface area (Å²) < 4.78 is 5.58. The Morgan fingerprint density at radius 1 is 1.00 bits per heavy atom. The van der Waals surface area contributed by atoms with Crippen LogP contribution >= 0.6 is 11.6 Å². The van der Waals surface area contributed by atoms with Crippen molar-refractivity contribution >= 4 is 11.6 Å². The topological polar surface area (TPSA) is 93.4 Å². The number of hydrogen-bond acceptors (Lipinski definition) is 6. The molecule has 4 aliphatic rings. The fourth-order valence-electron chi connectivity index (χ4n) is 5.48. The summed E-state index contributed by atoms with van der Waals surface area (Å²) in [6.45, 7) is -0.437. The second-order valence-electron chi connectivity index (χ2n) is 8.65. The lowest BCUT2D eigenvalue weighted by Gasteiger charge is -2.56. The Morgan fingerprint density at radius 3 is 2.56 bits per heavy atom. The van der Waals surface area contributed by atoms with Gasteiger partial charge >= 0.3 is 0 Å². The minimum atomic E-state index is -1.39. The molecule has 152 valence electrons. The van der Waals surface area contributed by atoms with Crippen molar-refractivity contribution in [3.63, 3.8) is 0 Å². The molecule has 0 amide bonds. The van der Waals surface area contributed by atoms with Gasteiger partial charge in [-0.3, -0.25) is 4.90 Å². The van der Waals surface area contributed by atoms with Gasteiger partial charge in [-0.1, -0.05) is 37.5 Å². The van der Waals surface area contributed by atoms with E-state index < -0.39 is 37.1 Å². The quantitative estimate of drug-likeness (QED) is 0.295. The lowest BCUT2D eigenvalue weighted by molar-refractivity contribution is -0.214. The summed E-state index contributed by atoms with van der Waals surface area (Å²) in [5.74, 6) is 6.43. The van der Waals surface area contributed by atoms with Crippen LogP contribution in [0.1, 0.15) is 57.8 Å². The van der Waals surface area contributed by atoms with Gasteiger partial charge in [0.05, 0.1) is 17.1 Å². The van der Waals surface area contributed by atoms with Crippen LogP contribution in [0.25, 0.3) is 0 Å². The van der Waals surface area contributed by atoms with Crippen LogP contribution in [0.15, 0.2) is 0 Å². The standard InChI is InChI=1S/C20H30ClNO5/c21-20-10-9-19(7-4-2-1-3-5-13(11-20)22(19)20)8-6-14-16(24)18(26)17(25)15(12-23)27-14/h13-18,23-26H,1-5,7,9-12H2/t13?,14-,15-,16-,17-,18-,19?,20?/m1/s1. The third kappa shape index (κ3) is 3.32. The van der Waals surface area contributed by atoms with Crippen molar-refractivity contribution < 1.29 is 25.2 Å². The zero-order chi connectivity index (χ0) is 19.2. The Morgan fingerprint density at radius 2 is 1.78 bits per heavy atom. The molecule has 4 fully saturated rings. The third-order valence-electron chi connectivity index (χ3n) is 6.95. The minimum absolute atomic E-state index is 0.293. The number of hydrogen-bond donors (Lipinski definition) is 4. The van der Waals surface area contributed by atoms with Crippen LogP contribution in [0.3, 0.4) is 0 Å². The van der Waals surface area contributed by atoms with Gasteiger partial charge in [0.2, 0.25) is 0 Å². The Hall–Kier alpha value is -0.390. The van der Waals surface area contributed by atoms with Crippen LogP contribution in [0.4, 0.5) is 0 Å². The highest BCUT2D eigenvalue weighted by molar-refractivity contribution is 6.24. The number of nitrogens with zero attached hydrogens (tertiary/aromatic N) is 1. The van der Waals surface area contributed by atoms with Crippen LogP contribution in [0, 0.1) is 11.8 Å². The monoisotopic (exact) mass is 399 g/mol. The molecule has 4 rings (SSSR count). The predicted octanol–water partition coefficient (Wildman–Crippen LogP) is 0.728. The molecule has 0 aliphatic carbocycles. The highest BCUT2D eigenvalue weighted by Crippen LogP contribution is 2.58. The molecule has 0 spiro atoms. The maximum Gasteiger partial charge on any atom is 0.147 e. The van der Waals surface area contributed by atoms with Crippen molar-refractivity contribution in [2.24, 2.45) is 0 Å². The van der Waals surface area contributed by atoms with E-state index in [1.54, 1.807) is 0 Å². The number of alkyl halides is 1. The van der Waals surface area contributed by atoms with Gasteiger partial charge in [-0.25, -0.2) is 0 Å². The van der Waals surface area contributed by atoms with Crippen LogP contribution in [0.2, 0.25) is 0 Å². The highest BCUT2D eigenvalue weighted by atomic mass is 35.5. The van der Waals surface area contributed by atoms with Crippen molar-refractivity contribution in [2.45, 2.75) is 105 Å². The first-order valence-corrected chi connectivity index (χ1v) is 10.6. The molecule has 0 aromatic carbocycles. The smallest absolute Gasteiger partial charge is 0.147 e. The van der Waals surface area contributed by atoms with Gasteiger partial charge < -0.3 is 25.2 Å². The summed E-state index contributed by atoms with van der Waals surface area (Å²) in [5.41, 5.74) is -0.312. The SMILES string of the molecule is OC[C@H]1O[C@H](C#CC23CCCCCCC4CC(Cl)(CC2)N43)[C@@H](O)[C@@H](O)[C@@H]1O. The van der Waals surface area contributed by atoms with Crippen molar-refractivity contribution in [2.75, 3.05) is 6.61 Å². The molecule has 0 saturated carbocycles. The number of aliphatic hydroxyl groups is 4. The first kappa shape index (κ1) is 19.9. The van der Waals surface area contributed by atoms with Gasteiger partial charge in [0, 0.05) is 6.04 Å². The van der Waals surface area contributed by atoms with Gasteiger partial charge in [-0.05, 0) is 32.1 Å². The maximum atomic E-state index is 10.3. The van der Waals surface area contributed by atoms with Crippen molar-refractivity contribution in [1.82, 2.24) is 4.90 Å². The van der Waals surface area contributed by atoms with E-state index in [2.05, 4.69) is 16.7 Å². The summed E-state index contributed by atoms with van der Waals surface area (Å²) >= 11 is 6.89. The number of halogens is 1. The lowest BCUT2D eigenvalue weighted by atomic mass is 9.85. The molecule has 4 saturated heterocycles. The molecule has 7 heteroatoms. The summed E-state index contributed by atoms with van der Waals surface area (Å²) in [5, 5.41) is 39.6. The van der Waals surface area contributed by atoms with Crippen molar-refractivity contribution in [1.29, 1.82) is 0 Å². The molecule has 8 atom stereocenters. The summed E-state index contributed by atoms with van der Waals surface area (Å²) in [6.07, 6.45) is 3.77. The van der Waals surface area contributed by atoms with Crippen LogP contribution in [-0.2, 0) is 4.74 Å². The number of ether oxygens (including phenoxy) is 1. The Kier molecular flexibility index (Phi) is 5.50. The van der Waals surface area contributed by atoms with E-state index in [1.807, 2.05) is 0 Å². The first-order valence-electron chi connectivity index (χ1n) is 10.2. The van der Waals surface area contributed by atoms with E-state index in [4.69, 9.17) is 16.3 Å². The number of aliphatic hydroxyl groups excluding tert-OH is 4. The molecule has 4 N–H and O–H groups in total. The summed E-state index contributed by atoms with van der Waals surface area (Å²) in [6, 6.07) is 0.465. The minimum Gasteiger partial charge on any atom is -0.394 e. The van der Waals surface area contributed by atoms with E-state index in [0.717, 1.165) is 38.5 Å². The molecule has 27 heavy (non-hydrogen) atoms. The van der Waals surface area contributed by atoms with Crippen molar-refractivity contribution in [3.8, 4) is 11.8 Å². The molecule has 0 aromatic heterocycles. The molecule has 0 aromatic rings. The second kappa shape index (κ2) is 7.46. The van der Waals surface area contributed by atoms with Crippen LogP contribution in [0.5, 0.6) is 0 Å². The molecule has 4 aliphatic heterocycles. The molecule has 3 unspecified atom stereocenters. The normalized spacial score (nSPS) is 50.4. The van der Waals surface area contributed by atoms with Crippen LogP contribution in [-0.4, -0.2) is 79.0 Å². The lowest BCUT2D eigenvalue weighted by Crippen LogP contribution is -2.66. The fraction of sp³-hybridized carbons (Fsp3) is 0.900. The zero-order valence-electron chi connectivity index (χ0n) is 15.6. The first-order chi connectivity index (χ1) is 12.9. The Balaban J connectivity index is 1.60. The van der Waals surface area contributed by atoms with E-state index in [0.29, 0.717) is 6.04 Å². The predicted molar refractivity (Wildman–Crippen MR) is 100 cm³/mol. The molecule has 6 nitrogen and oxygen atoms in total. The average molecular weight is 400 g/mol. The van der Waals surface area contributed by atoms with Gasteiger partial charge in [0.15, 0.2) is 0 Å². The average Bonchev–Trinajstić information content (AvgIpc) is 2.90. The van der Waals surface area contributed by atoms with Gasteiger partial charge in [0.1, 0.15) is 30.5 Å². The maximum absolute atomic E-state index is 10.3. The second-order valence-corrected chi connectivity index (χ2v) is 9.35. The fourth-order valence-corrected chi connectivity index (χ4v) is 6.05. The van der Waals surface area contributed by atoms with Gasteiger partial charge in [0.25, 0.3) is 0 Å². The summed E-state index contributed by atoms with van der Waals surface area (Å²) in [7, 11) is 0. The van der Waals surface area contributed by atoms with E-state index >= 15 is 0 Å². The van der Waals surface area contributed by atoms with Crippen LogP contribution < -0.4 is 0 Å². The number of rotatable bonds is 1. The highest BCUT2D eigenvalue weighted by Gasteiger charge is 2.63. The van der Waals surface area contributed by atoms with E-state index in [9.17, 15) is 20.4 Å². The molecular formula is C20H30ClNO5. The Bertz CT molecular complexity index is 621. The molecule has 4 heterocycles. The van der Waals surface area contributed by atoms with E-state index in [-0.39, 0.29) is 10.5 Å². The molecule has 0 bridgehead atoms. The zero-order valence-corrected chi connectivity index (χ0v) is 16.3. The molecule has 0 radical (unpaired) electrons. The van der Waals surface area contributed by atoms with Crippen molar-refractivity contribution in [3.05, 3.63) is 0 Å². The third-order valence-corrected chi connectivity index (χ3v) is 7.47. The van der Waals surface area contributed by atoms with E-state index in [1.165, 1.54) is 19.3 Å². The molecular weight excluding hydrogens is 370 g/mol. The summed E-state index contributed by atoms with van der Waals surface area (Å²) in [4.78, 5) is 2.11. The van der Waals surface area contributed by atoms with Gasteiger partial charge in [-0.15, -0.1) is 11.6 Å². The largest absolute Gasteiger partial charge is 0.394 e. The van der Waals surface area contributed by atoms with Gasteiger partial charge in [-0.2, -0.15) is 0 Å². The Labute approximate surface area is 165 Å².